The number of benzene rings is 10. The molecule has 12 rings (SSSR count). The molecule has 0 saturated carbocycles. The lowest BCUT2D eigenvalue weighted by Gasteiger charge is -2.26. The van der Waals surface area contributed by atoms with Crippen molar-refractivity contribution in [1.82, 2.24) is 9.55 Å². The van der Waals surface area contributed by atoms with Gasteiger partial charge in [0.25, 0.3) is 0 Å². The van der Waals surface area contributed by atoms with Crippen molar-refractivity contribution < 1.29 is 4.42 Å². The minimum atomic E-state index is 0.622. The van der Waals surface area contributed by atoms with E-state index in [1.54, 1.807) is 0 Å². The molecule has 0 aliphatic carbocycles. The van der Waals surface area contributed by atoms with Crippen LogP contribution in [0.2, 0.25) is 0 Å². The van der Waals surface area contributed by atoms with Crippen molar-refractivity contribution in [2.24, 2.45) is 0 Å². The number of hydrogen-bond acceptors (Lipinski definition) is 3. The number of nitrogens with zero attached hydrogens (tertiary/aromatic N) is 3. The first-order chi connectivity index (χ1) is 29.2. The summed E-state index contributed by atoms with van der Waals surface area (Å²) in [5.74, 6) is 0.622. The van der Waals surface area contributed by atoms with Crippen LogP contribution in [-0.4, -0.2) is 9.55 Å². The second-order valence-corrected chi connectivity index (χ2v) is 15.2. The molecular formula is C55H35N3O. The van der Waals surface area contributed by atoms with Gasteiger partial charge in [-0.15, -0.1) is 0 Å². The van der Waals surface area contributed by atoms with Gasteiger partial charge in [0.05, 0.1) is 11.0 Å². The normalized spacial score (nSPS) is 11.7. The molecular weight excluding hydrogens is 719 g/mol. The van der Waals surface area contributed by atoms with Gasteiger partial charge in [-0.3, -0.25) is 0 Å². The fourth-order valence-electron chi connectivity index (χ4n) is 8.94. The Labute approximate surface area is 340 Å². The molecule has 0 bridgehead atoms. The predicted octanol–water partition coefficient (Wildman–Crippen LogP) is 15.2. The Kier molecular flexibility index (Phi) is 7.50. The number of aromatic nitrogens is 2. The average Bonchev–Trinajstić information content (AvgIpc) is 3.89. The van der Waals surface area contributed by atoms with Crippen LogP contribution in [0.5, 0.6) is 0 Å². The van der Waals surface area contributed by atoms with Crippen LogP contribution in [0.1, 0.15) is 0 Å². The Morgan fingerprint density at radius 1 is 0.390 bits per heavy atom. The van der Waals surface area contributed by atoms with Crippen molar-refractivity contribution in [3.05, 3.63) is 212 Å². The maximum atomic E-state index is 6.64. The first kappa shape index (κ1) is 33.2. The summed E-state index contributed by atoms with van der Waals surface area (Å²) in [6.45, 7) is 0. The summed E-state index contributed by atoms with van der Waals surface area (Å²) in [6.07, 6.45) is 0. The monoisotopic (exact) mass is 753 g/mol. The fraction of sp³-hybridized carbons (Fsp3) is 0. The highest BCUT2D eigenvalue weighted by Gasteiger charge is 2.20. The summed E-state index contributed by atoms with van der Waals surface area (Å²) in [6, 6.07) is 76.0. The Morgan fingerprint density at radius 3 is 1.80 bits per heavy atom. The fourth-order valence-corrected chi connectivity index (χ4v) is 8.94. The lowest BCUT2D eigenvalue weighted by Crippen LogP contribution is -2.10. The number of anilines is 3. The van der Waals surface area contributed by atoms with Crippen LogP contribution in [0, 0.1) is 0 Å². The molecule has 276 valence electrons. The molecule has 0 radical (unpaired) electrons. The van der Waals surface area contributed by atoms with E-state index in [0.29, 0.717) is 5.89 Å². The van der Waals surface area contributed by atoms with Gasteiger partial charge < -0.3 is 13.9 Å². The molecule has 12 aromatic rings. The summed E-state index contributed by atoms with van der Waals surface area (Å²) in [5.41, 5.74) is 11.7. The third-order valence-corrected chi connectivity index (χ3v) is 11.7. The Balaban J connectivity index is 1.10. The molecule has 0 aliphatic heterocycles. The molecule has 10 aromatic carbocycles. The lowest BCUT2D eigenvalue weighted by atomic mass is 9.99. The molecule has 0 atom stereocenters. The molecule has 0 N–H and O–H groups in total. The highest BCUT2D eigenvalue weighted by Crippen LogP contribution is 2.43. The van der Waals surface area contributed by atoms with E-state index < -0.39 is 0 Å². The van der Waals surface area contributed by atoms with Crippen LogP contribution in [0.3, 0.4) is 0 Å². The SMILES string of the molecule is c1ccc(-c2ccc3ccc(N(c4ccc5ccc6ccc7nc(-c8ccccc8)oc7c6c5c4)c4ccc5c(c4)c4ccccc4n5-c4ccccc4)cc3c2)cc1. The van der Waals surface area contributed by atoms with Crippen LogP contribution in [0.4, 0.5) is 17.1 Å². The molecule has 4 nitrogen and oxygen atoms in total. The Bertz CT molecular complexity index is 3550. The van der Waals surface area contributed by atoms with Crippen LogP contribution in [0.15, 0.2) is 217 Å². The Morgan fingerprint density at radius 2 is 0.983 bits per heavy atom. The molecule has 4 heteroatoms. The molecule has 0 aliphatic rings. The smallest absolute Gasteiger partial charge is 0.227 e. The second-order valence-electron chi connectivity index (χ2n) is 15.2. The molecule has 0 fully saturated rings. The highest BCUT2D eigenvalue weighted by molar-refractivity contribution is 6.19. The second kappa shape index (κ2) is 13.3. The van der Waals surface area contributed by atoms with E-state index in [4.69, 9.17) is 9.40 Å². The number of oxazole rings is 1. The highest BCUT2D eigenvalue weighted by atomic mass is 16.3. The van der Waals surface area contributed by atoms with E-state index in [1.165, 1.54) is 43.7 Å². The van der Waals surface area contributed by atoms with E-state index in [2.05, 4.69) is 191 Å². The molecule has 0 unspecified atom stereocenters. The zero-order chi connectivity index (χ0) is 38.9. The molecule has 2 heterocycles. The van der Waals surface area contributed by atoms with Gasteiger partial charge in [0.15, 0.2) is 5.58 Å². The Hall–Kier alpha value is -7.95. The van der Waals surface area contributed by atoms with E-state index in [9.17, 15) is 0 Å². The zero-order valence-electron chi connectivity index (χ0n) is 32.0. The van der Waals surface area contributed by atoms with Crippen LogP contribution in [-0.2, 0) is 0 Å². The maximum Gasteiger partial charge on any atom is 0.227 e. The molecule has 59 heavy (non-hydrogen) atoms. The van der Waals surface area contributed by atoms with E-state index >= 15 is 0 Å². The van der Waals surface area contributed by atoms with Gasteiger partial charge in [-0.05, 0) is 123 Å². The summed E-state index contributed by atoms with van der Waals surface area (Å²) in [7, 11) is 0. The van der Waals surface area contributed by atoms with Gasteiger partial charge in [-0.25, -0.2) is 4.98 Å². The summed E-state index contributed by atoms with van der Waals surface area (Å²) in [5, 5.41) is 9.20. The third kappa shape index (κ3) is 5.49. The largest absolute Gasteiger partial charge is 0.435 e. The van der Waals surface area contributed by atoms with E-state index in [-0.39, 0.29) is 0 Å². The van der Waals surface area contributed by atoms with Crippen LogP contribution in [0.25, 0.3) is 93.5 Å². The van der Waals surface area contributed by atoms with Crippen LogP contribution < -0.4 is 4.90 Å². The molecule has 0 saturated heterocycles. The number of rotatable bonds is 6. The minimum absolute atomic E-state index is 0.622. The zero-order valence-corrected chi connectivity index (χ0v) is 32.0. The average molecular weight is 754 g/mol. The van der Waals surface area contributed by atoms with Crippen molar-refractivity contribution in [1.29, 1.82) is 0 Å². The molecule has 2 aromatic heterocycles. The standard InChI is InChI=1S/C55H35N3O/c1-4-12-36(13-5-1)41-23-20-37-24-27-44(33-42(37)32-41)57(46-29-31-52-49(35-46)47-18-10-11-19-51(47)58(52)43-16-8-3-9-17-43)45-28-25-38-21-22-39-26-30-50-54(53(39)48(38)34-45)59-55(56-50)40-14-6-2-7-15-40/h1-35H. The summed E-state index contributed by atoms with van der Waals surface area (Å²) >= 11 is 0. The van der Waals surface area contributed by atoms with Crippen molar-refractivity contribution in [3.63, 3.8) is 0 Å². The quantitative estimate of drug-likeness (QED) is 0.159. The first-order valence-electron chi connectivity index (χ1n) is 20.0. The summed E-state index contributed by atoms with van der Waals surface area (Å²) < 4.78 is 9.01. The number of fused-ring (bicyclic) bond motifs is 9. The van der Waals surface area contributed by atoms with Crippen LogP contribution >= 0.6 is 0 Å². The van der Waals surface area contributed by atoms with Gasteiger partial charge >= 0.3 is 0 Å². The van der Waals surface area contributed by atoms with Gasteiger partial charge in [0.1, 0.15) is 5.52 Å². The third-order valence-electron chi connectivity index (χ3n) is 11.7. The van der Waals surface area contributed by atoms with E-state index in [1.807, 2.05) is 30.3 Å². The van der Waals surface area contributed by atoms with Gasteiger partial charge in [0.2, 0.25) is 5.89 Å². The van der Waals surface area contributed by atoms with Gasteiger partial charge in [0, 0.05) is 44.5 Å². The minimum Gasteiger partial charge on any atom is -0.435 e. The first-order valence-corrected chi connectivity index (χ1v) is 20.0. The van der Waals surface area contributed by atoms with Gasteiger partial charge in [-0.1, -0.05) is 127 Å². The lowest BCUT2D eigenvalue weighted by molar-refractivity contribution is 0.623. The van der Waals surface area contributed by atoms with Crippen molar-refractivity contribution in [3.8, 4) is 28.3 Å². The van der Waals surface area contributed by atoms with Crippen molar-refractivity contribution in [2.45, 2.75) is 0 Å². The topological polar surface area (TPSA) is 34.2 Å². The van der Waals surface area contributed by atoms with E-state index in [0.717, 1.165) is 61.0 Å². The number of hydrogen-bond donors (Lipinski definition) is 0. The predicted molar refractivity (Wildman–Crippen MR) is 246 cm³/mol. The molecule has 0 spiro atoms. The summed E-state index contributed by atoms with van der Waals surface area (Å²) in [4.78, 5) is 7.35. The molecule has 0 amide bonds. The van der Waals surface area contributed by atoms with Crippen molar-refractivity contribution in [2.75, 3.05) is 4.90 Å². The number of para-hydroxylation sites is 2. The van der Waals surface area contributed by atoms with Gasteiger partial charge in [-0.2, -0.15) is 0 Å². The van der Waals surface area contributed by atoms with Crippen molar-refractivity contribution >= 4 is 82.3 Å². The maximum absolute atomic E-state index is 6.64.